The number of aryl methyl sites for hydroxylation is 1. The predicted octanol–water partition coefficient (Wildman–Crippen LogP) is 2.55. The molecular formula is C17H16F3N5O2S. The van der Waals surface area contributed by atoms with Crippen LogP contribution in [-0.4, -0.2) is 39.0 Å². The number of nitrogens with zero attached hydrogens (tertiary/aromatic N) is 4. The number of carbonyl (C=O) groups excluding carboxylic acids is 1. The van der Waals surface area contributed by atoms with E-state index in [-0.39, 0.29) is 24.3 Å². The van der Waals surface area contributed by atoms with Crippen molar-refractivity contribution >= 4 is 27.9 Å². The second-order valence-electron chi connectivity index (χ2n) is 6.16. The molecule has 7 nitrogen and oxygen atoms in total. The van der Waals surface area contributed by atoms with E-state index in [0.717, 1.165) is 6.07 Å². The zero-order chi connectivity index (χ0) is 20.5. The monoisotopic (exact) mass is 411 g/mol. The summed E-state index contributed by atoms with van der Waals surface area (Å²) in [6, 6.07) is 6.09. The van der Waals surface area contributed by atoms with Crippen LogP contribution >= 0.6 is 11.3 Å². The summed E-state index contributed by atoms with van der Waals surface area (Å²) >= 11 is 1.26. The minimum Gasteiger partial charge on any atom is -0.324 e. The van der Waals surface area contributed by atoms with Crippen molar-refractivity contribution in [2.75, 3.05) is 18.9 Å². The molecule has 2 heterocycles. The number of benzene rings is 1. The smallest absolute Gasteiger partial charge is 0.324 e. The highest BCUT2D eigenvalue weighted by molar-refractivity contribution is 7.16. The molecule has 1 amide bonds. The van der Waals surface area contributed by atoms with E-state index in [1.165, 1.54) is 40.1 Å². The first-order valence-electron chi connectivity index (χ1n) is 8.14. The minimum atomic E-state index is -4.57. The Morgan fingerprint density at radius 3 is 2.75 bits per heavy atom. The zero-order valence-electron chi connectivity index (χ0n) is 14.9. The number of amides is 1. The van der Waals surface area contributed by atoms with Crippen molar-refractivity contribution in [3.8, 4) is 0 Å². The molecule has 0 bridgehead atoms. The van der Waals surface area contributed by atoms with Crippen LogP contribution in [0.3, 0.4) is 0 Å². The molecule has 3 aromatic rings. The fraction of sp³-hybridized carbons (Fsp3) is 0.294. The highest BCUT2D eigenvalue weighted by Crippen LogP contribution is 2.34. The normalized spacial score (nSPS) is 11.9. The Bertz CT molecular complexity index is 1080. The first-order chi connectivity index (χ1) is 13.1. The minimum absolute atomic E-state index is 0.172. The predicted molar refractivity (Wildman–Crippen MR) is 98.3 cm³/mol. The lowest BCUT2D eigenvalue weighted by atomic mass is 10.1. The lowest BCUT2D eigenvalue weighted by molar-refractivity contribution is -0.137. The van der Waals surface area contributed by atoms with E-state index in [4.69, 9.17) is 0 Å². The van der Waals surface area contributed by atoms with Crippen LogP contribution in [0.2, 0.25) is 0 Å². The first-order valence-corrected chi connectivity index (χ1v) is 8.96. The molecular weight excluding hydrogens is 395 g/mol. The van der Waals surface area contributed by atoms with E-state index < -0.39 is 17.6 Å². The number of halogens is 3. The Kier molecular flexibility index (Phi) is 5.47. The van der Waals surface area contributed by atoms with Gasteiger partial charge < -0.3 is 5.32 Å². The molecule has 0 aliphatic rings. The van der Waals surface area contributed by atoms with Crippen LogP contribution < -0.4 is 10.9 Å². The Morgan fingerprint density at radius 1 is 1.32 bits per heavy atom. The van der Waals surface area contributed by atoms with Crippen molar-refractivity contribution in [3.05, 3.63) is 57.0 Å². The number of anilines is 1. The van der Waals surface area contributed by atoms with Crippen molar-refractivity contribution < 1.29 is 18.0 Å². The van der Waals surface area contributed by atoms with E-state index >= 15 is 0 Å². The van der Waals surface area contributed by atoms with Gasteiger partial charge in [-0.25, -0.2) is 4.98 Å². The average molecular weight is 411 g/mol. The van der Waals surface area contributed by atoms with Gasteiger partial charge in [0.1, 0.15) is 5.01 Å². The number of hydrogen-bond donors (Lipinski definition) is 1. The molecule has 0 radical (unpaired) electrons. The number of likely N-dealkylation sites (N-methyl/N-ethyl adjacent to an activating group) is 1. The summed E-state index contributed by atoms with van der Waals surface area (Å²) in [6.07, 6.45) is -4.57. The highest BCUT2D eigenvalue weighted by Gasteiger charge is 2.33. The second kappa shape index (κ2) is 7.68. The van der Waals surface area contributed by atoms with Crippen LogP contribution in [0.5, 0.6) is 0 Å². The molecule has 0 saturated carbocycles. The maximum atomic E-state index is 13.0. The van der Waals surface area contributed by atoms with Gasteiger partial charge in [0.2, 0.25) is 10.9 Å². The van der Waals surface area contributed by atoms with Gasteiger partial charge in [0.15, 0.2) is 0 Å². The molecule has 0 aliphatic heterocycles. The molecule has 0 atom stereocenters. The molecule has 3 rings (SSSR count). The Hall–Kier alpha value is -2.79. The zero-order valence-corrected chi connectivity index (χ0v) is 15.8. The summed E-state index contributed by atoms with van der Waals surface area (Å²) in [5.41, 5.74) is -1.10. The number of rotatable bonds is 5. The summed E-state index contributed by atoms with van der Waals surface area (Å²) in [5, 5.41) is 7.02. The molecule has 0 spiro atoms. The van der Waals surface area contributed by atoms with Gasteiger partial charge in [-0.05, 0) is 26.1 Å². The van der Waals surface area contributed by atoms with E-state index in [2.05, 4.69) is 15.4 Å². The number of alkyl halides is 3. The van der Waals surface area contributed by atoms with E-state index in [0.29, 0.717) is 15.7 Å². The summed E-state index contributed by atoms with van der Waals surface area (Å²) in [4.78, 5) is 30.5. The SMILES string of the molecule is Cc1nn2c(=O)cc(CN(C)CC(=O)Nc3ccccc3C(F)(F)F)nc2s1. The third-order valence-electron chi connectivity index (χ3n) is 3.75. The van der Waals surface area contributed by atoms with Gasteiger partial charge in [-0.3, -0.25) is 14.5 Å². The topological polar surface area (TPSA) is 79.6 Å². The molecule has 0 fully saturated rings. The Morgan fingerprint density at radius 2 is 2.04 bits per heavy atom. The number of hydrogen-bond acceptors (Lipinski definition) is 6. The number of carbonyl (C=O) groups is 1. The fourth-order valence-corrected chi connectivity index (χ4v) is 3.41. The largest absolute Gasteiger partial charge is 0.418 e. The van der Waals surface area contributed by atoms with Crippen LogP contribution in [0.25, 0.3) is 4.96 Å². The van der Waals surface area contributed by atoms with Gasteiger partial charge in [0, 0.05) is 12.6 Å². The Balaban J connectivity index is 1.68. The maximum absolute atomic E-state index is 13.0. The maximum Gasteiger partial charge on any atom is 0.418 e. The van der Waals surface area contributed by atoms with Crippen molar-refractivity contribution in [3.63, 3.8) is 0 Å². The van der Waals surface area contributed by atoms with Crippen molar-refractivity contribution in [2.24, 2.45) is 0 Å². The number of aromatic nitrogens is 3. The molecule has 1 N–H and O–H groups in total. The summed E-state index contributed by atoms with van der Waals surface area (Å²) in [7, 11) is 1.61. The van der Waals surface area contributed by atoms with Gasteiger partial charge in [-0.15, -0.1) is 0 Å². The molecule has 1 aromatic carbocycles. The highest BCUT2D eigenvalue weighted by atomic mass is 32.1. The Labute approximate surface area is 161 Å². The van der Waals surface area contributed by atoms with E-state index in [9.17, 15) is 22.8 Å². The molecule has 11 heteroatoms. The molecule has 28 heavy (non-hydrogen) atoms. The van der Waals surface area contributed by atoms with Crippen LogP contribution in [0.15, 0.2) is 35.1 Å². The first kappa shape index (κ1) is 20.0. The lowest BCUT2D eigenvalue weighted by Gasteiger charge is -2.17. The summed E-state index contributed by atoms with van der Waals surface area (Å²) < 4.78 is 40.2. The van der Waals surface area contributed by atoms with Crippen LogP contribution in [0, 0.1) is 6.92 Å². The van der Waals surface area contributed by atoms with Gasteiger partial charge in [0.05, 0.1) is 23.5 Å². The van der Waals surface area contributed by atoms with Crippen LogP contribution in [-0.2, 0) is 17.5 Å². The van der Waals surface area contributed by atoms with Gasteiger partial charge in [0.25, 0.3) is 5.56 Å². The van der Waals surface area contributed by atoms with Crippen molar-refractivity contribution in [1.29, 1.82) is 0 Å². The third kappa shape index (κ3) is 4.54. The van der Waals surface area contributed by atoms with Crippen LogP contribution in [0.4, 0.5) is 18.9 Å². The van der Waals surface area contributed by atoms with Crippen molar-refractivity contribution in [2.45, 2.75) is 19.6 Å². The van der Waals surface area contributed by atoms with Gasteiger partial charge >= 0.3 is 6.18 Å². The molecule has 2 aromatic heterocycles. The van der Waals surface area contributed by atoms with Crippen molar-refractivity contribution in [1.82, 2.24) is 19.5 Å². The number of para-hydroxylation sites is 1. The summed E-state index contributed by atoms with van der Waals surface area (Å²) in [6.45, 7) is 1.76. The number of fused-ring (bicyclic) bond motifs is 1. The second-order valence-corrected chi connectivity index (χ2v) is 7.33. The van der Waals surface area contributed by atoms with Gasteiger partial charge in [-0.1, -0.05) is 23.5 Å². The quantitative estimate of drug-likeness (QED) is 0.698. The van der Waals surface area contributed by atoms with Gasteiger partial charge in [-0.2, -0.15) is 22.8 Å². The molecule has 0 aliphatic carbocycles. The third-order valence-corrected chi connectivity index (χ3v) is 4.57. The van der Waals surface area contributed by atoms with Crippen LogP contribution in [0.1, 0.15) is 16.3 Å². The molecule has 148 valence electrons. The molecule has 0 saturated heterocycles. The fourth-order valence-electron chi connectivity index (χ4n) is 2.64. The summed E-state index contributed by atoms with van der Waals surface area (Å²) in [5.74, 6) is -0.606. The van der Waals surface area contributed by atoms with E-state index in [1.807, 2.05) is 0 Å². The molecule has 0 unspecified atom stereocenters. The lowest BCUT2D eigenvalue weighted by Crippen LogP contribution is -2.31. The standard InChI is InChI=1S/C17H16F3N5O2S/c1-10-23-25-15(27)7-11(21-16(25)28-10)8-24(2)9-14(26)22-13-6-4-3-5-12(13)17(18,19)20/h3-7H,8-9H2,1-2H3,(H,22,26). The number of nitrogens with one attached hydrogen (secondary N) is 1. The van der Waals surface area contributed by atoms with E-state index in [1.54, 1.807) is 18.9 Å². The average Bonchev–Trinajstić information content (AvgIpc) is 2.95.